The SMILES string of the molecule is CC#CCC(NC(=O)[C@H](CC(C)C)NC(=O)OCC1c2ccccc2-c2ccccc21)C(=O)O. The molecule has 0 bridgehead atoms. The lowest BCUT2D eigenvalue weighted by molar-refractivity contribution is -0.142. The summed E-state index contributed by atoms with van der Waals surface area (Å²) < 4.78 is 5.55. The molecule has 0 fully saturated rings. The maximum Gasteiger partial charge on any atom is 0.407 e. The first kappa shape index (κ1) is 24.8. The molecule has 0 saturated heterocycles. The van der Waals surface area contributed by atoms with Crippen molar-refractivity contribution in [2.24, 2.45) is 5.92 Å². The highest BCUT2D eigenvalue weighted by molar-refractivity contribution is 5.89. The van der Waals surface area contributed by atoms with Crippen LogP contribution in [0.4, 0.5) is 4.79 Å². The van der Waals surface area contributed by atoms with Crippen LogP contribution in [0.5, 0.6) is 0 Å². The third-order valence-corrected chi connectivity index (χ3v) is 5.76. The van der Waals surface area contributed by atoms with Gasteiger partial charge in [-0.25, -0.2) is 9.59 Å². The van der Waals surface area contributed by atoms with Crippen LogP contribution in [0, 0.1) is 17.8 Å². The summed E-state index contributed by atoms with van der Waals surface area (Å²) in [6, 6.07) is 14.0. The molecule has 3 rings (SSSR count). The zero-order valence-electron chi connectivity index (χ0n) is 19.6. The molecule has 1 aliphatic rings. The molecule has 0 spiro atoms. The molecule has 1 unspecified atom stereocenters. The van der Waals surface area contributed by atoms with Crippen molar-refractivity contribution in [3.63, 3.8) is 0 Å². The molecule has 1 aliphatic carbocycles. The van der Waals surface area contributed by atoms with Crippen LogP contribution in [0.25, 0.3) is 11.1 Å². The molecule has 0 aliphatic heterocycles. The lowest BCUT2D eigenvalue weighted by atomic mass is 9.98. The Balaban J connectivity index is 1.67. The molecule has 0 aromatic heterocycles. The maximum absolute atomic E-state index is 12.8. The van der Waals surface area contributed by atoms with Crippen molar-refractivity contribution in [3.05, 3.63) is 59.7 Å². The summed E-state index contributed by atoms with van der Waals surface area (Å²) in [4.78, 5) is 36.9. The number of carbonyl (C=O) groups excluding carboxylic acids is 2. The first-order valence-corrected chi connectivity index (χ1v) is 11.4. The van der Waals surface area contributed by atoms with Crippen LogP contribution in [0.2, 0.25) is 0 Å². The van der Waals surface area contributed by atoms with Gasteiger partial charge in [-0.05, 0) is 41.5 Å². The molecule has 2 aromatic rings. The third-order valence-electron chi connectivity index (χ3n) is 5.76. The molecule has 178 valence electrons. The molecule has 2 aromatic carbocycles. The number of aliphatic carboxylic acids is 1. The van der Waals surface area contributed by atoms with E-state index >= 15 is 0 Å². The zero-order chi connectivity index (χ0) is 24.7. The number of benzene rings is 2. The van der Waals surface area contributed by atoms with Crippen molar-refractivity contribution in [2.45, 2.75) is 51.6 Å². The molecule has 0 heterocycles. The maximum atomic E-state index is 12.8. The van der Waals surface area contributed by atoms with Crippen molar-refractivity contribution in [1.82, 2.24) is 10.6 Å². The molecule has 7 heteroatoms. The van der Waals surface area contributed by atoms with E-state index in [1.165, 1.54) is 0 Å². The number of carboxylic acids is 1. The Bertz CT molecular complexity index is 1070. The predicted molar refractivity (Wildman–Crippen MR) is 129 cm³/mol. The number of hydrogen-bond donors (Lipinski definition) is 3. The number of hydrogen-bond acceptors (Lipinski definition) is 4. The Morgan fingerprint density at radius 3 is 2.09 bits per heavy atom. The first-order chi connectivity index (χ1) is 16.3. The number of carbonyl (C=O) groups is 3. The van der Waals surface area contributed by atoms with Crippen LogP contribution in [-0.4, -0.2) is 41.8 Å². The van der Waals surface area contributed by atoms with Crippen LogP contribution >= 0.6 is 0 Å². The van der Waals surface area contributed by atoms with Crippen LogP contribution in [0.15, 0.2) is 48.5 Å². The van der Waals surface area contributed by atoms with Crippen LogP contribution < -0.4 is 10.6 Å². The summed E-state index contributed by atoms with van der Waals surface area (Å²) in [5.74, 6) is 3.52. The highest BCUT2D eigenvalue weighted by Gasteiger charge is 2.30. The van der Waals surface area contributed by atoms with Gasteiger partial charge in [0.25, 0.3) is 0 Å². The smallest absolute Gasteiger partial charge is 0.407 e. The fourth-order valence-electron chi connectivity index (χ4n) is 4.16. The summed E-state index contributed by atoms with van der Waals surface area (Å²) in [6.45, 7) is 5.55. The van der Waals surface area contributed by atoms with E-state index in [0.29, 0.717) is 6.42 Å². The van der Waals surface area contributed by atoms with Gasteiger partial charge >= 0.3 is 12.1 Å². The summed E-state index contributed by atoms with van der Waals surface area (Å²) in [5.41, 5.74) is 4.43. The second-order valence-corrected chi connectivity index (χ2v) is 8.68. The van der Waals surface area contributed by atoms with E-state index in [0.717, 1.165) is 22.3 Å². The van der Waals surface area contributed by atoms with E-state index in [-0.39, 0.29) is 24.9 Å². The summed E-state index contributed by atoms with van der Waals surface area (Å²) in [6.07, 6.45) is -0.401. The van der Waals surface area contributed by atoms with E-state index in [4.69, 9.17) is 4.74 Å². The fourth-order valence-corrected chi connectivity index (χ4v) is 4.16. The van der Waals surface area contributed by atoms with Crippen molar-refractivity contribution >= 4 is 18.0 Å². The van der Waals surface area contributed by atoms with Gasteiger partial charge in [0, 0.05) is 12.3 Å². The molecule has 0 saturated carbocycles. The average Bonchev–Trinajstić information content (AvgIpc) is 3.13. The largest absolute Gasteiger partial charge is 0.480 e. The molecule has 3 N–H and O–H groups in total. The standard InChI is InChI=1S/C27H30N2O5/c1-4-5-14-23(26(31)32)28-25(30)24(15-17(2)3)29-27(33)34-16-22-20-12-8-6-10-18(20)19-11-7-9-13-21(19)22/h6-13,17,22-24H,14-16H2,1-3H3,(H,28,30)(H,29,33)(H,31,32)/t23?,24-/m0/s1. The zero-order valence-corrected chi connectivity index (χ0v) is 19.6. The monoisotopic (exact) mass is 462 g/mol. The van der Waals surface area contributed by atoms with Gasteiger partial charge in [0.15, 0.2) is 0 Å². The minimum Gasteiger partial charge on any atom is -0.480 e. The lowest BCUT2D eigenvalue weighted by Gasteiger charge is -2.22. The van der Waals surface area contributed by atoms with Crippen molar-refractivity contribution < 1.29 is 24.2 Å². The molecular weight excluding hydrogens is 432 g/mol. The second-order valence-electron chi connectivity index (χ2n) is 8.68. The minimum absolute atomic E-state index is 0.0169. The summed E-state index contributed by atoms with van der Waals surface area (Å²) in [5, 5.41) is 14.5. The Kier molecular flexibility index (Phi) is 8.31. The summed E-state index contributed by atoms with van der Waals surface area (Å²) in [7, 11) is 0. The Hall–Kier alpha value is -3.79. The number of fused-ring (bicyclic) bond motifs is 3. The van der Waals surface area contributed by atoms with Gasteiger partial charge < -0.3 is 20.5 Å². The van der Waals surface area contributed by atoms with Crippen molar-refractivity contribution in [3.8, 4) is 23.0 Å². The molecule has 7 nitrogen and oxygen atoms in total. The van der Waals surface area contributed by atoms with E-state index in [1.807, 2.05) is 50.2 Å². The highest BCUT2D eigenvalue weighted by atomic mass is 16.5. The minimum atomic E-state index is -1.18. The van der Waals surface area contributed by atoms with Gasteiger partial charge in [0.05, 0.1) is 0 Å². The molecule has 2 amide bonds. The Morgan fingerprint density at radius 1 is 0.971 bits per heavy atom. The van der Waals surface area contributed by atoms with E-state index < -0.39 is 30.1 Å². The van der Waals surface area contributed by atoms with E-state index in [9.17, 15) is 19.5 Å². The number of alkyl carbamates (subject to hydrolysis) is 1. The van der Waals surface area contributed by atoms with Crippen LogP contribution in [0.1, 0.15) is 50.7 Å². The number of rotatable bonds is 9. The highest BCUT2D eigenvalue weighted by Crippen LogP contribution is 2.44. The summed E-state index contributed by atoms with van der Waals surface area (Å²) >= 11 is 0. The van der Waals surface area contributed by atoms with Gasteiger partial charge in [0.1, 0.15) is 18.7 Å². The normalized spacial score (nSPS) is 13.6. The van der Waals surface area contributed by atoms with Gasteiger partial charge in [-0.2, -0.15) is 0 Å². The van der Waals surface area contributed by atoms with Crippen LogP contribution in [-0.2, 0) is 14.3 Å². The Morgan fingerprint density at radius 2 is 1.56 bits per heavy atom. The quantitative estimate of drug-likeness (QED) is 0.490. The fraction of sp³-hybridized carbons (Fsp3) is 0.370. The third kappa shape index (κ3) is 5.96. The number of ether oxygens (including phenoxy) is 1. The number of amides is 2. The molecule has 0 radical (unpaired) electrons. The topological polar surface area (TPSA) is 105 Å². The Labute approximate surface area is 199 Å². The van der Waals surface area contributed by atoms with E-state index in [1.54, 1.807) is 6.92 Å². The van der Waals surface area contributed by atoms with Gasteiger partial charge in [-0.3, -0.25) is 4.79 Å². The van der Waals surface area contributed by atoms with Crippen molar-refractivity contribution in [1.29, 1.82) is 0 Å². The van der Waals surface area contributed by atoms with Gasteiger partial charge in [-0.1, -0.05) is 62.4 Å². The van der Waals surface area contributed by atoms with Gasteiger partial charge in [-0.15, -0.1) is 11.8 Å². The molecule has 2 atom stereocenters. The average molecular weight is 463 g/mol. The van der Waals surface area contributed by atoms with Crippen molar-refractivity contribution in [2.75, 3.05) is 6.61 Å². The molecular formula is C27H30N2O5. The number of carboxylic acid groups (broad SMARTS) is 1. The van der Waals surface area contributed by atoms with Crippen LogP contribution in [0.3, 0.4) is 0 Å². The first-order valence-electron chi connectivity index (χ1n) is 11.4. The lowest BCUT2D eigenvalue weighted by Crippen LogP contribution is -2.52. The molecule has 34 heavy (non-hydrogen) atoms. The second kappa shape index (κ2) is 11.4. The van der Waals surface area contributed by atoms with E-state index in [2.05, 4.69) is 34.6 Å². The number of nitrogens with one attached hydrogen (secondary N) is 2. The van der Waals surface area contributed by atoms with Gasteiger partial charge in [0.2, 0.25) is 5.91 Å². The predicted octanol–water partition coefficient (Wildman–Crippen LogP) is 3.92.